The molecule has 150 valence electrons. The first-order chi connectivity index (χ1) is 14.4. The fourth-order valence-corrected chi connectivity index (χ4v) is 3.72. The third kappa shape index (κ3) is 3.46. The second-order valence-corrected chi connectivity index (χ2v) is 7.72. The maximum atomic E-state index is 13.1. The van der Waals surface area contributed by atoms with Gasteiger partial charge < -0.3 is 4.57 Å². The Morgan fingerprint density at radius 1 is 1.03 bits per heavy atom. The number of amides is 4. The minimum atomic E-state index is -0.773. The number of hydrogen-bond acceptors (Lipinski definition) is 4. The van der Waals surface area contributed by atoms with Gasteiger partial charge in [0.15, 0.2) is 0 Å². The SMILES string of the molecule is Cc1cc(/C=C2\C(=O)NC(=O)N(c3ccc(Br)cc3)C2=O)c(C)n1-c1cccnc1. The van der Waals surface area contributed by atoms with Gasteiger partial charge in [-0.3, -0.25) is 19.9 Å². The molecule has 0 spiro atoms. The van der Waals surface area contributed by atoms with Crippen LogP contribution in [0.5, 0.6) is 0 Å². The van der Waals surface area contributed by atoms with Gasteiger partial charge in [-0.2, -0.15) is 0 Å². The first-order valence-electron chi connectivity index (χ1n) is 9.13. The molecule has 7 nitrogen and oxygen atoms in total. The first kappa shape index (κ1) is 19.8. The highest BCUT2D eigenvalue weighted by Crippen LogP contribution is 2.26. The number of carbonyl (C=O) groups excluding carboxylic acids is 3. The molecule has 0 unspecified atom stereocenters. The number of halogens is 1. The van der Waals surface area contributed by atoms with Gasteiger partial charge in [0.05, 0.1) is 17.6 Å². The highest BCUT2D eigenvalue weighted by molar-refractivity contribution is 9.10. The second-order valence-electron chi connectivity index (χ2n) is 6.81. The Bertz CT molecular complexity index is 1200. The van der Waals surface area contributed by atoms with E-state index in [2.05, 4.69) is 26.2 Å². The van der Waals surface area contributed by atoms with Gasteiger partial charge >= 0.3 is 6.03 Å². The molecule has 30 heavy (non-hydrogen) atoms. The maximum absolute atomic E-state index is 13.1. The number of nitrogens with zero attached hydrogens (tertiary/aromatic N) is 3. The molecule has 4 amide bonds. The van der Waals surface area contributed by atoms with Crippen LogP contribution in [0.25, 0.3) is 11.8 Å². The lowest BCUT2D eigenvalue weighted by Crippen LogP contribution is -2.54. The summed E-state index contributed by atoms with van der Waals surface area (Å²) in [5.41, 5.74) is 3.63. The van der Waals surface area contributed by atoms with Crippen molar-refractivity contribution in [3.8, 4) is 5.69 Å². The summed E-state index contributed by atoms with van der Waals surface area (Å²) in [5, 5.41) is 2.25. The molecule has 0 bridgehead atoms. The van der Waals surface area contributed by atoms with Crippen molar-refractivity contribution < 1.29 is 14.4 Å². The average molecular weight is 465 g/mol. The van der Waals surface area contributed by atoms with Gasteiger partial charge in [0.1, 0.15) is 5.57 Å². The highest BCUT2D eigenvalue weighted by atomic mass is 79.9. The zero-order chi connectivity index (χ0) is 21.4. The molecule has 1 N–H and O–H groups in total. The molecule has 1 aliphatic heterocycles. The number of pyridine rings is 1. The van der Waals surface area contributed by atoms with Crippen LogP contribution in [-0.2, 0) is 9.59 Å². The zero-order valence-corrected chi connectivity index (χ0v) is 17.8. The smallest absolute Gasteiger partial charge is 0.316 e. The molecule has 0 saturated carbocycles. The monoisotopic (exact) mass is 464 g/mol. The van der Waals surface area contributed by atoms with Gasteiger partial charge in [-0.1, -0.05) is 15.9 Å². The van der Waals surface area contributed by atoms with Gasteiger partial charge in [0, 0.05) is 22.1 Å². The predicted octanol–water partition coefficient (Wildman–Crippen LogP) is 3.92. The Morgan fingerprint density at radius 2 is 1.77 bits per heavy atom. The van der Waals surface area contributed by atoms with E-state index in [-0.39, 0.29) is 5.57 Å². The van der Waals surface area contributed by atoms with E-state index in [4.69, 9.17) is 0 Å². The third-order valence-corrected chi connectivity index (χ3v) is 5.39. The van der Waals surface area contributed by atoms with Gasteiger partial charge in [0.2, 0.25) is 0 Å². The average Bonchev–Trinajstić information content (AvgIpc) is 3.00. The van der Waals surface area contributed by atoms with Crippen molar-refractivity contribution in [2.45, 2.75) is 13.8 Å². The number of imide groups is 2. The summed E-state index contributed by atoms with van der Waals surface area (Å²) in [6.45, 7) is 3.83. The second kappa shape index (κ2) is 7.72. The molecular formula is C22H17BrN4O3. The summed E-state index contributed by atoms with van der Waals surface area (Å²) in [7, 11) is 0. The van der Waals surface area contributed by atoms with E-state index in [0.717, 1.165) is 26.4 Å². The van der Waals surface area contributed by atoms with Crippen LogP contribution in [0.2, 0.25) is 0 Å². The number of aryl methyl sites for hydroxylation is 1. The molecule has 1 fully saturated rings. The highest BCUT2D eigenvalue weighted by Gasteiger charge is 2.37. The lowest BCUT2D eigenvalue weighted by atomic mass is 10.1. The van der Waals surface area contributed by atoms with Gasteiger partial charge in [-0.15, -0.1) is 0 Å². The van der Waals surface area contributed by atoms with Crippen molar-refractivity contribution in [2.24, 2.45) is 0 Å². The van der Waals surface area contributed by atoms with Crippen molar-refractivity contribution in [3.05, 3.63) is 81.9 Å². The molecule has 3 aromatic rings. The summed E-state index contributed by atoms with van der Waals surface area (Å²) in [4.78, 5) is 42.9. The number of aromatic nitrogens is 2. The van der Waals surface area contributed by atoms with Crippen molar-refractivity contribution in [3.63, 3.8) is 0 Å². The van der Waals surface area contributed by atoms with Crippen LogP contribution in [0, 0.1) is 13.8 Å². The number of anilines is 1. The fourth-order valence-electron chi connectivity index (χ4n) is 3.45. The minimum absolute atomic E-state index is 0.107. The summed E-state index contributed by atoms with van der Waals surface area (Å²) in [6.07, 6.45) is 4.95. The Kier molecular flexibility index (Phi) is 5.09. The van der Waals surface area contributed by atoms with Crippen molar-refractivity contribution in [1.82, 2.24) is 14.9 Å². The number of rotatable bonds is 3. The Labute approximate surface area is 181 Å². The van der Waals surface area contributed by atoms with Crippen LogP contribution in [0.1, 0.15) is 17.0 Å². The predicted molar refractivity (Wildman–Crippen MR) is 116 cm³/mol. The topological polar surface area (TPSA) is 84.3 Å². The van der Waals surface area contributed by atoms with Gasteiger partial charge in [-0.05, 0) is 68.0 Å². The van der Waals surface area contributed by atoms with Crippen LogP contribution < -0.4 is 10.2 Å². The number of benzene rings is 1. The Morgan fingerprint density at radius 3 is 2.43 bits per heavy atom. The van der Waals surface area contributed by atoms with E-state index >= 15 is 0 Å². The van der Waals surface area contributed by atoms with Gasteiger partial charge in [0.25, 0.3) is 11.8 Å². The van der Waals surface area contributed by atoms with E-state index in [1.165, 1.54) is 6.08 Å². The Hall–Kier alpha value is -3.52. The number of nitrogens with one attached hydrogen (secondary N) is 1. The number of hydrogen-bond donors (Lipinski definition) is 1. The normalized spacial score (nSPS) is 15.6. The molecule has 1 aromatic carbocycles. The number of urea groups is 1. The van der Waals surface area contributed by atoms with Gasteiger partial charge in [-0.25, -0.2) is 9.69 Å². The minimum Gasteiger partial charge on any atom is -0.316 e. The van der Waals surface area contributed by atoms with E-state index in [1.807, 2.05) is 36.6 Å². The lowest BCUT2D eigenvalue weighted by Gasteiger charge is -2.26. The zero-order valence-electron chi connectivity index (χ0n) is 16.2. The summed E-state index contributed by atoms with van der Waals surface area (Å²) in [5.74, 6) is -1.39. The number of barbiturate groups is 1. The van der Waals surface area contributed by atoms with Crippen LogP contribution in [0.4, 0.5) is 10.5 Å². The molecule has 1 saturated heterocycles. The molecule has 0 atom stereocenters. The van der Waals surface area contributed by atoms with Crippen molar-refractivity contribution in [1.29, 1.82) is 0 Å². The van der Waals surface area contributed by atoms with E-state index in [0.29, 0.717) is 11.3 Å². The van der Waals surface area contributed by atoms with Crippen LogP contribution in [0.15, 0.2) is 64.9 Å². The molecule has 8 heteroatoms. The summed E-state index contributed by atoms with van der Waals surface area (Å²) >= 11 is 3.33. The molecule has 0 aliphatic carbocycles. The summed E-state index contributed by atoms with van der Waals surface area (Å²) in [6, 6.07) is 11.6. The quantitative estimate of drug-likeness (QED) is 0.470. The van der Waals surface area contributed by atoms with E-state index < -0.39 is 17.8 Å². The van der Waals surface area contributed by atoms with Crippen LogP contribution in [-0.4, -0.2) is 27.4 Å². The molecular weight excluding hydrogens is 448 g/mol. The van der Waals surface area contributed by atoms with Crippen LogP contribution >= 0.6 is 15.9 Å². The van der Waals surface area contributed by atoms with E-state index in [1.54, 1.807) is 36.7 Å². The summed E-state index contributed by atoms with van der Waals surface area (Å²) < 4.78 is 2.80. The van der Waals surface area contributed by atoms with E-state index in [9.17, 15) is 14.4 Å². The molecule has 1 aliphatic rings. The third-order valence-electron chi connectivity index (χ3n) is 4.86. The van der Waals surface area contributed by atoms with Crippen molar-refractivity contribution >= 4 is 45.5 Å². The van der Waals surface area contributed by atoms with Crippen molar-refractivity contribution in [2.75, 3.05) is 4.90 Å². The van der Waals surface area contributed by atoms with Crippen LogP contribution in [0.3, 0.4) is 0 Å². The first-order valence-corrected chi connectivity index (χ1v) is 9.92. The number of carbonyl (C=O) groups is 3. The largest absolute Gasteiger partial charge is 0.335 e. The molecule has 3 heterocycles. The fraction of sp³-hybridized carbons (Fsp3) is 0.0909. The molecule has 0 radical (unpaired) electrons. The standard InChI is InChI=1S/C22H17BrN4O3/c1-13-10-15(14(2)26(13)18-4-3-9-24-12-18)11-19-20(28)25-22(30)27(21(19)29)17-7-5-16(23)6-8-17/h3-12H,1-2H3,(H,25,28,30)/b19-11+. The Balaban J connectivity index is 1.76. The lowest BCUT2D eigenvalue weighted by molar-refractivity contribution is -0.122. The maximum Gasteiger partial charge on any atom is 0.335 e. The molecule has 4 rings (SSSR count). The molecule has 2 aromatic heterocycles.